The molecule has 4 nitrogen and oxygen atoms in total. The summed E-state index contributed by atoms with van der Waals surface area (Å²) in [6.45, 7) is 0. The van der Waals surface area contributed by atoms with Crippen LogP contribution in [0.4, 0.5) is 0 Å². The first-order valence-electron chi connectivity index (χ1n) is 19.4. The third kappa shape index (κ3) is 5.16. The molecule has 2 heterocycles. The standard InChI is InChI=1S/C51H37N3O/c1-3-13-36(14-4-1)48-52-49(54-50(53-48)42-19-12-22-45-46(42)41-16-6-8-21-44(41)55-45)37-29-25-34(26-30-37)33-23-27-35(28-24-33)38-17-11-18-40-39-15-5-7-20-43(39)51(47(38)40)31-9-2-10-32-51/h1,3-8,11-30H,2,9-10,31-32H2. The Morgan fingerprint density at radius 1 is 0.382 bits per heavy atom. The van der Waals surface area contributed by atoms with Gasteiger partial charge in [-0.15, -0.1) is 0 Å². The lowest BCUT2D eigenvalue weighted by Gasteiger charge is -2.37. The molecule has 0 atom stereocenters. The number of para-hydroxylation sites is 1. The van der Waals surface area contributed by atoms with Gasteiger partial charge < -0.3 is 4.42 Å². The zero-order chi connectivity index (χ0) is 36.3. The Kier molecular flexibility index (Phi) is 7.38. The average Bonchev–Trinajstić information content (AvgIpc) is 3.78. The molecule has 1 spiro atoms. The van der Waals surface area contributed by atoms with Crippen molar-refractivity contribution in [2.24, 2.45) is 0 Å². The maximum atomic E-state index is 6.22. The predicted molar refractivity (Wildman–Crippen MR) is 224 cm³/mol. The smallest absolute Gasteiger partial charge is 0.164 e. The van der Waals surface area contributed by atoms with Gasteiger partial charge in [0, 0.05) is 32.9 Å². The molecule has 11 rings (SSSR count). The van der Waals surface area contributed by atoms with Gasteiger partial charge in [0.1, 0.15) is 11.2 Å². The van der Waals surface area contributed by atoms with Crippen LogP contribution < -0.4 is 0 Å². The molecule has 0 unspecified atom stereocenters. The van der Waals surface area contributed by atoms with Gasteiger partial charge in [-0.1, -0.05) is 171 Å². The van der Waals surface area contributed by atoms with E-state index in [4.69, 9.17) is 19.4 Å². The Labute approximate surface area is 320 Å². The van der Waals surface area contributed by atoms with Crippen LogP contribution in [0.5, 0.6) is 0 Å². The highest BCUT2D eigenvalue weighted by molar-refractivity contribution is 6.11. The molecule has 4 heteroatoms. The molecule has 0 N–H and O–H groups in total. The molecule has 2 aliphatic rings. The third-order valence-corrected chi connectivity index (χ3v) is 12.0. The number of fused-ring (bicyclic) bond motifs is 8. The number of benzene rings is 7. The van der Waals surface area contributed by atoms with Gasteiger partial charge in [-0.25, -0.2) is 15.0 Å². The molecule has 7 aromatic carbocycles. The number of nitrogens with zero attached hydrogens (tertiary/aromatic N) is 3. The van der Waals surface area contributed by atoms with E-state index in [2.05, 4.69) is 103 Å². The van der Waals surface area contributed by atoms with Crippen molar-refractivity contribution in [3.05, 3.63) is 175 Å². The predicted octanol–water partition coefficient (Wildman–Crippen LogP) is 13.3. The van der Waals surface area contributed by atoms with E-state index < -0.39 is 0 Å². The summed E-state index contributed by atoms with van der Waals surface area (Å²) < 4.78 is 6.22. The molecular formula is C51H37N3O. The van der Waals surface area contributed by atoms with E-state index in [1.54, 1.807) is 0 Å². The molecule has 2 aliphatic carbocycles. The quantitative estimate of drug-likeness (QED) is 0.179. The number of hydrogen-bond donors (Lipinski definition) is 0. The van der Waals surface area contributed by atoms with Crippen LogP contribution in [0.15, 0.2) is 168 Å². The Morgan fingerprint density at radius 3 is 1.71 bits per heavy atom. The summed E-state index contributed by atoms with van der Waals surface area (Å²) in [5.74, 6) is 1.88. The largest absolute Gasteiger partial charge is 0.456 e. The number of aromatic nitrogens is 3. The summed E-state index contributed by atoms with van der Waals surface area (Å²) in [6.07, 6.45) is 6.35. The first kappa shape index (κ1) is 31.8. The summed E-state index contributed by atoms with van der Waals surface area (Å²) >= 11 is 0. The highest BCUT2D eigenvalue weighted by atomic mass is 16.3. The van der Waals surface area contributed by atoms with Crippen molar-refractivity contribution in [1.29, 1.82) is 0 Å². The highest BCUT2D eigenvalue weighted by Crippen LogP contribution is 2.58. The maximum Gasteiger partial charge on any atom is 0.164 e. The Bertz CT molecular complexity index is 2880. The van der Waals surface area contributed by atoms with Crippen LogP contribution in [0.3, 0.4) is 0 Å². The maximum absolute atomic E-state index is 6.22. The summed E-state index contributed by atoms with van der Waals surface area (Å²) in [7, 11) is 0. The first-order chi connectivity index (χ1) is 27.2. The van der Waals surface area contributed by atoms with Crippen LogP contribution in [0.2, 0.25) is 0 Å². The van der Waals surface area contributed by atoms with Gasteiger partial charge in [0.2, 0.25) is 0 Å². The minimum atomic E-state index is 0.114. The summed E-state index contributed by atoms with van der Waals surface area (Å²) in [5.41, 5.74) is 15.5. The molecule has 0 amide bonds. The van der Waals surface area contributed by atoms with E-state index in [0.29, 0.717) is 17.5 Å². The molecule has 2 aromatic heterocycles. The van der Waals surface area contributed by atoms with Crippen LogP contribution in [0.1, 0.15) is 43.2 Å². The fourth-order valence-electron chi connectivity index (χ4n) is 9.43. The van der Waals surface area contributed by atoms with Gasteiger partial charge in [-0.2, -0.15) is 0 Å². The molecular weight excluding hydrogens is 671 g/mol. The molecule has 0 bridgehead atoms. The highest BCUT2D eigenvalue weighted by Gasteiger charge is 2.45. The van der Waals surface area contributed by atoms with Crippen molar-refractivity contribution in [2.45, 2.75) is 37.5 Å². The third-order valence-electron chi connectivity index (χ3n) is 12.0. The van der Waals surface area contributed by atoms with E-state index in [-0.39, 0.29) is 5.41 Å². The number of hydrogen-bond acceptors (Lipinski definition) is 4. The molecule has 262 valence electrons. The lowest BCUT2D eigenvalue weighted by Crippen LogP contribution is -2.28. The second-order valence-corrected chi connectivity index (χ2v) is 15.0. The number of furan rings is 1. The van der Waals surface area contributed by atoms with E-state index in [0.717, 1.165) is 44.2 Å². The van der Waals surface area contributed by atoms with Crippen LogP contribution >= 0.6 is 0 Å². The Balaban J connectivity index is 0.957. The van der Waals surface area contributed by atoms with Gasteiger partial charge in [0.25, 0.3) is 0 Å². The van der Waals surface area contributed by atoms with E-state index in [1.807, 2.05) is 60.7 Å². The zero-order valence-electron chi connectivity index (χ0n) is 30.4. The van der Waals surface area contributed by atoms with Gasteiger partial charge >= 0.3 is 0 Å². The minimum absolute atomic E-state index is 0.114. The second kappa shape index (κ2) is 12.7. The van der Waals surface area contributed by atoms with Crippen LogP contribution in [0, 0.1) is 0 Å². The number of rotatable bonds is 5. The minimum Gasteiger partial charge on any atom is -0.456 e. The topological polar surface area (TPSA) is 51.8 Å². The van der Waals surface area contributed by atoms with Crippen molar-refractivity contribution < 1.29 is 4.42 Å². The molecule has 0 radical (unpaired) electrons. The van der Waals surface area contributed by atoms with E-state index in [9.17, 15) is 0 Å². The Hall–Kier alpha value is -6.65. The monoisotopic (exact) mass is 707 g/mol. The normalized spacial score (nSPS) is 14.3. The second-order valence-electron chi connectivity index (χ2n) is 15.0. The lowest BCUT2D eigenvalue weighted by molar-refractivity contribution is 0.353. The molecule has 55 heavy (non-hydrogen) atoms. The van der Waals surface area contributed by atoms with Gasteiger partial charge in [0.15, 0.2) is 17.5 Å². The van der Waals surface area contributed by atoms with Crippen molar-refractivity contribution in [3.63, 3.8) is 0 Å². The van der Waals surface area contributed by atoms with Crippen molar-refractivity contribution in [1.82, 2.24) is 15.0 Å². The van der Waals surface area contributed by atoms with Crippen molar-refractivity contribution in [2.75, 3.05) is 0 Å². The average molecular weight is 708 g/mol. The molecule has 0 aliphatic heterocycles. The van der Waals surface area contributed by atoms with Crippen LogP contribution in [-0.2, 0) is 5.41 Å². The van der Waals surface area contributed by atoms with Crippen molar-refractivity contribution in [3.8, 4) is 67.5 Å². The molecule has 9 aromatic rings. The molecule has 0 saturated heterocycles. The molecule has 1 saturated carbocycles. The van der Waals surface area contributed by atoms with Crippen LogP contribution in [-0.4, -0.2) is 15.0 Å². The fraction of sp³-hybridized carbons (Fsp3) is 0.118. The van der Waals surface area contributed by atoms with Crippen molar-refractivity contribution >= 4 is 21.9 Å². The fourth-order valence-corrected chi connectivity index (χ4v) is 9.43. The van der Waals surface area contributed by atoms with E-state index in [1.165, 1.54) is 71.0 Å². The van der Waals surface area contributed by atoms with Gasteiger partial charge in [-0.05, 0) is 69.5 Å². The Morgan fingerprint density at radius 2 is 0.927 bits per heavy atom. The van der Waals surface area contributed by atoms with Crippen LogP contribution in [0.25, 0.3) is 89.5 Å². The summed E-state index contributed by atoms with van der Waals surface area (Å²) in [5, 5.41) is 2.05. The van der Waals surface area contributed by atoms with Gasteiger partial charge in [-0.3, -0.25) is 0 Å². The molecule has 1 fully saturated rings. The lowest BCUT2D eigenvalue weighted by atomic mass is 9.66. The van der Waals surface area contributed by atoms with E-state index >= 15 is 0 Å². The SMILES string of the molecule is c1ccc(-c2nc(-c3ccc(-c4ccc(-c5cccc6c5C5(CCCCC5)c5ccccc5-6)cc4)cc3)nc(-c3cccc4oc5ccccc5c34)n2)cc1. The summed E-state index contributed by atoms with van der Waals surface area (Å²) in [4.78, 5) is 15.1. The zero-order valence-corrected chi connectivity index (χ0v) is 30.4. The first-order valence-corrected chi connectivity index (χ1v) is 19.4. The van der Waals surface area contributed by atoms with Gasteiger partial charge in [0.05, 0.1) is 0 Å². The summed E-state index contributed by atoms with van der Waals surface area (Å²) in [6, 6.07) is 58.1.